The molecule has 4 rings (SSSR count). The Kier molecular flexibility index (Phi) is 5.69. The highest BCUT2D eigenvalue weighted by molar-refractivity contribution is 6.30. The maximum Gasteiger partial charge on any atom is 0.257 e. The Balaban J connectivity index is 1.58. The molecule has 0 spiro atoms. The second-order valence-electron chi connectivity index (χ2n) is 7.41. The Morgan fingerprint density at radius 2 is 2.00 bits per heavy atom. The zero-order valence-corrected chi connectivity index (χ0v) is 16.7. The normalized spacial score (nSPS) is 22.5. The molecular weight excluding hydrogens is 392 g/mol. The van der Waals surface area contributed by atoms with E-state index in [2.05, 4.69) is 5.10 Å². The zero-order valence-electron chi connectivity index (χ0n) is 16.0. The topological polar surface area (TPSA) is 92.1 Å². The van der Waals surface area contributed by atoms with Crippen molar-refractivity contribution >= 4 is 29.1 Å². The molecule has 29 heavy (non-hydrogen) atoms. The third-order valence-corrected chi connectivity index (χ3v) is 5.75. The van der Waals surface area contributed by atoms with Gasteiger partial charge in [0.25, 0.3) is 5.91 Å². The Morgan fingerprint density at radius 1 is 1.21 bits per heavy atom. The summed E-state index contributed by atoms with van der Waals surface area (Å²) in [5.41, 5.74) is 7.25. The van der Waals surface area contributed by atoms with E-state index in [1.807, 2.05) is 23.1 Å². The fourth-order valence-electron chi connectivity index (χ4n) is 4.01. The summed E-state index contributed by atoms with van der Waals surface area (Å²) in [5, 5.41) is 6.74. The molecule has 2 aliphatic rings. The van der Waals surface area contributed by atoms with Crippen LogP contribution in [-0.2, 0) is 9.59 Å². The molecule has 2 amide bonds. The maximum absolute atomic E-state index is 13.2. The summed E-state index contributed by atoms with van der Waals surface area (Å²) >= 11 is 5.99. The van der Waals surface area contributed by atoms with Gasteiger partial charge in [0, 0.05) is 11.4 Å². The van der Waals surface area contributed by atoms with Crippen LogP contribution in [0.15, 0.2) is 52.2 Å². The zero-order chi connectivity index (χ0) is 20.4. The van der Waals surface area contributed by atoms with Gasteiger partial charge in [0.05, 0.1) is 24.6 Å². The predicted octanol–water partition coefficient (Wildman–Crippen LogP) is 2.95. The minimum absolute atomic E-state index is 0.0994. The molecule has 8 heteroatoms. The first-order valence-corrected chi connectivity index (χ1v) is 10.1. The lowest BCUT2D eigenvalue weighted by atomic mass is 10.0. The van der Waals surface area contributed by atoms with E-state index in [-0.39, 0.29) is 24.4 Å². The molecule has 2 N–H and O–H groups in total. The van der Waals surface area contributed by atoms with Gasteiger partial charge in [-0.3, -0.25) is 14.5 Å². The van der Waals surface area contributed by atoms with Crippen LogP contribution in [0.5, 0.6) is 0 Å². The van der Waals surface area contributed by atoms with Gasteiger partial charge in [0.1, 0.15) is 11.8 Å². The first-order valence-electron chi connectivity index (χ1n) is 9.75. The number of benzene rings is 1. The molecule has 152 valence electrons. The summed E-state index contributed by atoms with van der Waals surface area (Å²) in [4.78, 5) is 26.8. The van der Waals surface area contributed by atoms with Gasteiger partial charge in [0.15, 0.2) is 0 Å². The van der Waals surface area contributed by atoms with Gasteiger partial charge < -0.3 is 10.2 Å². The van der Waals surface area contributed by atoms with Crippen LogP contribution in [0.25, 0.3) is 0 Å². The molecule has 2 atom stereocenters. The molecular formula is C21H23ClN4O3. The molecule has 2 aliphatic heterocycles. The maximum atomic E-state index is 13.2. The Hall–Kier alpha value is -2.64. The van der Waals surface area contributed by atoms with Gasteiger partial charge in [-0.1, -0.05) is 30.2 Å². The van der Waals surface area contributed by atoms with Crippen molar-refractivity contribution in [2.45, 2.75) is 37.8 Å². The molecule has 0 unspecified atom stereocenters. The molecule has 0 bridgehead atoms. The number of halogens is 1. The summed E-state index contributed by atoms with van der Waals surface area (Å²) in [6.07, 6.45) is 4.70. The number of nitrogens with two attached hydrogens (primary N) is 1. The number of furan rings is 1. The van der Waals surface area contributed by atoms with Crippen LogP contribution >= 0.6 is 11.6 Å². The van der Waals surface area contributed by atoms with Crippen molar-refractivity contribution in [3.05, 3.63) is 59.0 Å². The SMILES string of the molecule is NC(=O)[C@H]1CCCCN1CC(=O)N1N=C(c2ccc(Cl)cc2)C[C@@H]1c1ccco1. The van der Waals surface area contributed by atoms with Crippen molar-refractivity contribution in [3.8, 4) is 0 Å². The van der Waals surface area contributed by atoms with Crippen molar-refractivity contribution in [1.29, 1.82) is 0 Å². The van der Waals surface area contributed by atoms with Gasteiger partial charge in [-0.15, -0.1) is 0 Å². The van der Waals surface area contributed by atoms with Gasteiger partial charge >= 0.3 is 0 Å². The summed E-state index contributed by atoms with van der Waals surface area (Å²) in [5.74, 6) is 0.117. The van der Waals surface area contributed by atoms with Crippen LogP contribution in [0.3, 0.4) is 0 Å². The number of amides is 2. The first-order chi connectivity index (χ1) is 14.0. The molecule has 1 fully saturated rings. The Labute approximate surface area is 174 Å². The molecule has 0 radical (unpaired) electrons. The standard InChI is InChI=1S/C21H23ClN4O3/c22-15-8-6-14(7-9-15)16-12-18(19-5-3-11-29-19)26(24-16)20(27)13-25-10-2-1-4-17(25)21(23)28/h3,5-9,11,17-18H,1-2,4,10,12-13H2,(H2,23,28)/t17-,18-/m1/s1. The smallest absolute Gasteiger partial charge is 0.257 e. The second-order valence-corrected chi connectivity index (χ2v) is 7.85. The lowest BCUT2D eigenvalue weighted by Gasteiger charge is -2.34. The molecule has 1 saturated heterocycles. The van der Waals surface area contributed by atoms with E-state index in [0.29, 0.717) is 30.2 Å². The van der Waals surface area contributed by atoms with Crippen molar-refractivity contribution in [1.82, 2.24) is 9.91 Å². The highest BCUT2D eigenvalue weighted by Gasteiger charge is 2.37. The van der Waals surface area contributed by atoms with Crippen LogP contribution < -0.4 is 5.73 Å². The summed E-state index contributed by atoms with van der Waals surface area (Å²) in [6.45, 7) is 0.772. The highest BCUT2D eigenvalue weighted by atomic mass is 35.5. The van der Waals surface area contributed by atoms with Crippen LogP contribution in [0.4, 0.5) is 0 Å². The molecule has 0 aliphatic carbocycles. The number of likely N-dealkylation sites (tertiary alicyclic amines) is 1. The van der Waals surface area contributed by atoms with E-state index in [1.54, 1.807) is 24.5 Å². The van der Waals surface area contributed by atoms with Crippen LogP contribution in [0.1, 0.15) is 43.0 Å². The van der Waals surface area contributed by atoms with E-state index >= 15 is 0 Å². The largest absolute Gasteiger partial charge is 0.467 e. The molecule has 1 aromatic carbocycles. The second kappa shape index (κ2) is 8.39. The van der Waals surface area contributed by atoms with E-state index in [1.165, 1.54) is 5.01 Å². The van der Waals surface area contributed by atoms with E-state index in [4.69, 9.17) is 21.8 Å². The van der Waals surface area contributed by atoms with Crippen molar-refractivity contribution in [3.63, 3.8) is 0 Å². The molecule has 2 aromatic rings. The van der Waals surface area contributed by atoms with Gasteiger partial charge in [-0.05, 0) is 49.2 Å². The first kappa shape index (κ1) is 19.7. The number of piperidine rings is 1. The number of hydrogen-bond acceptors (Lipinski definition) is 5. The van der Waals surface area contributed by atoms with Gasteiger partial charge in [-0.2, -0.15) is 5.10 Å². The molecule has 3 heterocycles. The van der Waals surface area contributed by atoms with Crippen LogP contribution in [-0.4, -0.2) is 46.6 Å². The van der Waals surface area contributed by atoms with Crippen molar-refractivity contribution in [2.24, 2.45) is 10.8 Å². The molecule has 1 aromatic heterocycles. The number of carbonyl (C=O) groups excluding carboxylic acids is 2. The number of hydrazone groups is 1. The Bertz CT molecular complexity index is 911. The Morgan fingerprint density at radius 3 is 2.69 bits per heavy atom. The lowest BCUT2D eigenvalue weighted by Crippen LogP contribution is -2.51. The average Bonchev–Trinajstić information content (AvgIpc) is 3.38. The summed E-state index contributed by atoms with van der Waals surface area (Å²) in [6, 6.07) is 10.3. The van der Waals surface area contributed by atoms with Gasteiger partial charge in [-0.25, -0.2) is 5.01 Å². The summed E-state index contributed by atoms with van der Waals surface area (Å²) < 4.78 is 5.57. The number of rotatable bonds is 5. The average molecular weight is 415 g/mol. The third kappa shape index (κ3) is 4.21. The van der Waals surface area contributed by atoms with Crippen LogP contribution in [0.2, 0.25) is 5.02 Å². The predicted molar refractivity (Wildman–Crippen MR) is 109 cm³/mol. The number of hydrogen-bond donors (Lipinski definition) is 1. The monoisotopic (exact) mass is 414 g/mol. The van der Waals surface area contributed by atoms with Crippen LogP contribution in [0, 0.1) is 0 Å². The fourth-order valence-corrected chi connectivity index (χ4v) is 4.13. The summed E-state index contributed by atoms with van der Waals surface area (Å²) in [7, 11) is 0. The minimum atomic E-state index is -0.405. The number of primary amides is 1. The fraction of sp³-hybridized carbons (Fsp3) is 0.381. The third-order valence-electron chi connectivity index (χ3n) is 5.50. The number of nitrogens with zero attached hydrogens (tertiary/aromatic N) is 3. The van der Waals surface area contributed by atoms with Crippen molar-refractivity contribution < 1.29 is 14.0 Å². The van der Waals surface area contributed by atoms with E-state index in [0.717, 1.165) is 24.1 Å². The highest BCUT2D eigenvalue weighted by Crippen LogP contribution is 2.33. The van der Waals surface area contributed by atoms with E-state index in [9.17, 15) is 9.59 Å². The number of carbonyl (C=O) groups is 2. The van der Waals surface area contributed by atoms with Crippen molar-refractivity contribution in [2.75, 3.05) is 13.1 Å². The van der Waals surface area contributed by atoms with E-state index < -0.39 is 6.04 Å². The molecule has 7 nitrogen and oxygen atoms in total. The van der Waals surface area contributed by atoms with Gasteiger partial charge in [0.2, 0.25) is 5.91 Å². The molecule has 0 saturated carbocycles. The minimum Gasteiger partial charge on any atom is -0.467 e. The lowest BCUT2D eigenvalue weighted by molar-refractivity contribution is -0.137. The quantitative estimate of drug-likeness (QED) is 0.814.